The number of halogens is 2. The summed E-state index contributed by atoms with van der Waals surface area (Å²) in [5.41, 5.74) is 0. The first-order valence-electron chi connectivity index (χ1n) is 4.28. The summed E-state index contributed by atoms with van der Waals surface area (Å²) in [6.07, 6.45) is 2.66. The van der Waals surface area contributed by atoms with Crippen LogP contribution in [-0.2, 0) is 0 Å². The minimum absolute atomic E-state index is 0.806. The lowest BCUT2D eigenvalue weighted by Gasteiger charge is -2.35. The van der Waals surface area contributed by atoms with Gasteiger partial charge in [0.1, 0.15) is 0 Å². The van der Waals surface area contributed by atoms with E-state index in [1.54, 1.807) is 0 Å². The fraction of sp³-hybridized carbons (Fsp3) is 1.00. The van der Waals surface area contributed by atoms with E-state index in [1.165, 1.54) is 12.8 Å². The normalized spacial score (nSPS) is 43.0. The monoisotopic (exact) mass is 428 g/mol. The second-order valence-corrected chi connectivity index (χ2v) is 10.0. The first-order valence-corrected chi connectivity index (χ1v) is 8.65. The van der Waals surface area contributed by atoms with Crippen molar-refractivity contribution in [3.8, 4) is 0 Å². The van der Waals surface area contributed by atoms with Crippen molar-refractivity contribution in [3.05, 3.63) is 0 Å². The molecule has 1 rings (SSSR count). The van der Waals surface area contributed by atoms with Crippen LogP contribution in [0.5, 0.6) is 0 Å². The van der Waals surface area contributed by atoms with Crippen LogP contribution in [0.25, 0.3) is 0 Å². The van der Waals surface area contributed by atoms with Crippen molar-refractivity contribution in [2.24, 2.45) is 0 Å². The number of rotatable bonds is 2. The van der Waals surface area contributed by atoms with Gasteiger partial charge in [-0.05, 0) is 12.8 Å². The Labute approximate surface area is 111 Å². The van der Waals surface area contributed by atoms with Crippen molar-refractivity contribution >= 4 is 68.7 Å². The SMILES string of the molecule is CC[C@@H]1SC(I)C(I)S[C@@H]1CC. The van der Waals surface area contributed by atoms with Gasteiger partial charge in [-0.15, -0.1) is 23.5 Å². The summed E-state index contributed by atoms with van der Waals surface area (Å²) in [4.78, 5) is 0. The van der Waals surface area contributed by atoms with Crippen LogP contribution in [-0.4, -0.2) is 17.0 Å². The molecule has 1 saturated heterocycles. The Morgan fingerprint density at radius 2 is 1.25 bits per heavy atom. The fourth-order valence-electron chi connectivity index (χ4n) is 1.35. The van der Waals surface area contributed by atoms with Crippen molar-refractivity contribution in [3.63, 3.8) is 0 Å². The van der Waals surface area contributed by atoms with Crippen LogP contribution in [0.15, 0.2) is 0 Å². The zero-order chi connectivity index (χ0) is 9.14. The van der Waals surface area contributed by atoms with E-state index in [0.717, 1.165) is 17.0 Å². The molecule has 0 aromatic rings. The highest BCUT2D eigenvalue weighted by Crippen LogP contribution is 2.48. The Balaban J connectivity index is 2.52. The van der Waals surface area contributed by atoms with Crippen LogP contribution < -0.4 is 0 Å². The lowest BCUT2D eigenvalue weighted by Crippen LogP contribution is -2.30. The summed E-state index contributed by atoms with van der Waals surface area (Å²) in [6.45, 7) is 4.63. The maximum Gasteiger partial charge on any atom is 0.0776 e. The molecular formula is C8H14I2S2. The Hall–Kier alpha value is 2.16. The van der Waals surface area contributed by atoms with E-state index in [-0.39, 0.29) is 0 Å². The number of hydrogen-bond acceptors (Lipinski definition) is 2. The lowest BCUT2D eigenvalue weighted by atomic mass is 10.2. The van der Waals surface area contributed by atoms with Crippen LogP contribution in [0.1, 0.15) is 26.7 Å². The van der Waals surface area contributed by atoms with Gasteiger partial charge in [-0.1, -0.05) is 59.0 Å². The maximum atomic E-state index is 2.58. The highest BCUT2D eigenvalue weighted by Gasteiger charge is 2.33. The summed E-state index contributed by atoms with van der Waals surface area (Å²) < 4.78 is 1.61. The highest BCUT2D eigenvalue weighted by molar-refractivity contribution is 14.1. The van der Waals surface area contributed by atoms with Crippen molar-refractivity contribution in [2.75, 3.05) is 0 Å². The van der Waals surface area contributed by atoms with Crippen LogP contribution in [0.4, 0.5) is 0 Å². The third-order valence-electron chi connectivity index (χ3n) is 2.04. The van der Waals surface area contributed by atoms with E-state index in [1.807, 2.05) is 0 Å². The molecule has 72 valence electrons. The lowest BCUT2D eigenvalue weighted by molar-refractivity contribution is 0.731. The smallest absolute Gasteiger partial charge is 0.0776 e. The van der Waals surface area contributed by atoms with Gasteiger partial charge in [0, 0.05) is 10.5 Å². The first kappa shape index (κ1) is 12.2. The van der Waals surface area contributed by atoms with E-state index < -0.39 is 0 Å². The van der Waals surface area contributed by atoms with Gasteiger partial charge in [0.2, 0.25) is 0 Å². The predicted molar refractivity (Wildman–Crippen MR) is 79.0 cm³/mol. The molecule has 1 aliphatic heterocycles. The highest BCUT2D eigenvalue weighted by atomic mass is 127. The van der Waals surface area contributed by atoms with Crippen molar-refractivity contribution in [2.45, 2.75) is 43.7 Å². The minimum atomic E-state index is 0.806. The molecule has 0 radical (unpaired) electrons. The Kier molecular flexibility index (Phi) is 6.01. The fourth-order valence-corrected chi connectivity index (χ4v) is 7.44. The van der Waals surface area contributed by atoms with E-state index in [0.29, 0.717) is 0 Å². The third-order valence-corrected chi connectivity index (χ3v) is 11.0. The van der Waals surface area contributed by atoms with Crippen LogP contribution >= 0.6 is 68.7 Å². The molecule has 1 aliphatic rings. The van der Waals surface area contributed by atoms with E-state index in [2.05, 4.69) is 82.6 Å². The molecule has 0 amide bonds. The quantitative estimate of drug-likeness (QED) is 0.468. The zero-order valence-corrected chi connectivity index (χ0v) is 13.2. The van der Waals surface area contributed by atoms with E-state index in [9.17, 15) is 0 Å². The van der Waals surface area contributed by atoms with Crippen LogP contribution in [0.2, 0.25) is 0 Å². The van der Waals surface area contributed by atoms with Gasteiger partial charge in [0.25, 0.3) is 0 Å². The molecule has 0 nitrogen and oxygen atoms in total. The largest absolute Gasteiger partial charge is 0.141 e. The molecule has 2 unspecified atom stereocenters. The Morgan fingerprint density at radius 1 is 0.917 bits per heavy atom. The van der Waals surface area contributed by atoms with Gasteiger partial charge in [0.05, 0.1) is 6.51 Å². The molecule has 4 heteroatoms. The molecule has 0 bridgehead atoms. The van der Waals surface area contributed by atoms with Gasteiger partial charge in [-0.25, -0.2) is 0 Å². The number of alkyl halides is 2. The molecule has 1 fully saturated rings. The van der Waals surface area contributed by atoms with E-state index in [4.69, 9.17) is 0 Å². The predicted octanol–water partition coefficient (Wildman–Crippen LogP) is 4.55. The average molecular weight is 428 g/mol. The topological polar surface area (TPSA) is 0 Å². The van der Waals surface area contributed by atoms with Gasteiger partial charge in [0.15, 0.2) is 0 Å². The molecule has 0 spiro atoms. The second kappa shape index (κ2) is 5.90. The number of hydrogen-bond donors (Lipinski definition) is 0. The molecule has 0 aliphatic carbocycles. The molecule has 12 heavy (non-hydrogen) atoms. The molecular weight excluding hydrogens is 414 g/mol. The summed E-state index contributed by atoms with van der Waals surface area (Å²) in [5.74, 6) is 0. The summed E-state index contributed by atoms with van der Waals surface area (Å²) in [5, 5.41) is 1.79. The Bertz CT molecular complexity index is 127. The molecule has 0 saturated carbocycles. The summed E-state index contributed by atoms with van der Waals surface area (Å²) >= 11 is 9.54. The van der Waals surface area contributed by atoms with Gasteiger partial charge < -0.3 is 0 Å². The second-order valence-electron chi connectivity index (χ2n) is 2.87. The molecule has 4 atom stereocenters. The molecule has 1 heterocycles. The van der Waals surface area contributed by atoms with Crippen molar-refractivity contribution in [1.29, 1.82) is 0 Å². The van der Waals surface area contributed by atoms with Crippen LogP contribution in [0, 0.1) is 0 Å². The van der Waals surface area contributed by atoms with E-state index >= 15 is 0 Å². The molecule has 0 aromatic carbocycles. The maximum absolute atomic E-state index is 2.58. The number of thioether (sulfide) groups is 2. The van der Waals surface area contributed by atoms with Gasteiger partial charge >= 0.3 is 0 Å². The van der Waals surface area contributed by atoms with Crippen molar-refractivity contribution < 1.29 is 0 Å². The summed E-state index contributed by atoms with van der Waals surface area (Å²) in [6, 6.07) is 0. The summed E-state index contributed by atoms with van der Waals surface area (Å²) in [7, 11) is 0. The molecule has 0 aromatic heterocycles. The standard InChI is InChI=1S/C8H14I2S2/c1-3-5-6(4-2)12-8(10)7(9)11-5/h5-8H,3-4H2,1-2H3/t5-,6+,7?,8?. The van der Waals surface area contributed by atoms with Gasteiger partial charge in [-0.2, -0.15) is 0 Å². The molecule has 0 N–H and O–H groups in total. The first-order chi connectivity index (χ1) is 5.69. The third kappa shape index (κ3) is 3.08. The average Bonchev–Trinajstić information content (AvgIpc) is 2.09. The van der Waals surface area contributed by atoms with Gasteiger partial charge in [-0.3, -0.25) is 0 Å². The Morgan fingerprint density at radius 3 is 1.50 bits per heavy atom. The van der Waals surface area contributed by atoms with Crippen LogP contribution in [0.3, 0.4) is 0 Å². The minimum Gasteiger partial charge on any atom is -0.141 e. The zero-order valence-electron chi connectivity index (χ0n) is 7.30. The van der Waals surface area contributed by atoms with Crippen molar-refractivity contribution in [1.82, 2.24) is 0 Å².